The molecular formula is C18H31IN6O. The lowest BCUT2D eigenvalue weighted by Crippen LogP contribution is -2.49. The number of anilines is 1. The van der Waals surface area contributed by atoms with Crippen molar-refractivity contribution < 1.29 is 4.79 Å². The number of pyridine rings is 1. The minimum Gasteiger partial charge on any atom is -0.356 e. The number of halogens is 1. The lowest BCUT2D eigenvalue weighted by molar-refractivity contribution is -0.127. The van der Waals surface area contributed by atoms with Gasteiger partial charge in [0.05, 0.1) is 0 Å². The van der Waals surface area contributed by atoms with Crippen molar-refractivity contribution in [1.29, 1.82) is 0 Å². The van der Waals surface area contributed by atoms with Crippen LogP contribution in [0, 0.1) is 0 Å². The van der Waals surface area contributed by atoms with E-state index in [4.69, 9.17) is 0 Å². The molecule has 8 heteroatoms. The molecule has 0 saturated carbocycles. The topological polar surface area (TPSA) is 72.9 Å². The van der Waals surface area contributed by atoms with Crippen LogP contribution in [0.2, 0.25) is 0 Å². The fourth-order valence-electron chi connectivity index (χ4n) is 2.67. The van der Waals surface area contributed by atoms with Crippen LogP contribution in [-0.4, -0.2) is 68.1 Å². The predicted octanol–water partition coefficient (Wildman–Crippen LogP) is 1.70. The molecule has 1 aliphatic rings. The fraction of sp³-hybridized carbons (Fsp3) is 0.611. The van der Waals surface area contributed by atoms with Gasteiger partial charge >= 0.3 is 0 Å². The standard InChI is InChI=1S/C18H30N6O.HI/c1-4-10-20-18(21-14-17(25)23(2)3)22-15-8-12-24(13-9-15)16-7-5-6-11-19-16;/h5-7,11,15H,4,8-10,12-14H2,1-3H3,(H2,20,21,22);1H. The Morgan fingerprint density at radius 1 is 1.35 bits per heavy atom. The molecule has 1 aromatic heterocycles. The Morgan fingerprint density at radius 3 is 2.65 bits per heavy atom. The van der Waals surface area contributed by atoms with Crippen LogP contribution in [0.4, 0.5) is 5.82 Å². The van der Waals surface area contributed by atoms with Crippen molar-refractivity contribution in [3.63, 3.8) is 0 Å². The second-order valence-corrected chi connectivity index (χ2v) is 6.47. The van der Waals surface area contributed by atoms with E-state index in [1.807, 2.05) is 18.3 Å². The normalized spacial score (nSPS) is 15.2. The molecule has 0 atom stereocenters. The molecule has 1 aromatic rings. The van der Waals surface area contributed by atoms with E-state index in [1.165, 1.54) is 0 Å². The van der Waals surface area contributed by atoms with Gasteiger partial charge in [-0.2, -0.15) is 0 Å². The van der Waals surface area contributed by atoms with Crippen molar-refractivity contribution in [2.75, 3.05) is 45.2 Å². The number of hydrogen-bond acceptors (Lipinski definition) is 4. The van der Waals surface area contributed by atoms with Gasteiger partial charge in [-0.1, -0.05) is 13.0 Å². The van der Waals surface area contributed by atoms with Gasteiger partial charge in [-0.25, -0.2) is 9.98 Å². The van der Waals surface area contributed by atoms with Crippen LogP contribution in [-0.2, 0) is 4.79 Å². The molecule has 1 aliphatic heterocycles. The zero-order valence-electron chi connectivity index (χ0n) is 15.9. The Balaban J connectivity index is 0.00000338. The summed E-state index contributed by atoms with van der Waals surface area (Å²) in [6.45, 7) is 5.05. The zero-order chi connectivity index (χ0) is 18.1. The summed E-state index contributed by atoms with van der Waals surface area (Å²) < 4.78 is 0. The third-order valence-corrected chi connectivity index (χ3v) is 4.22. The molecule has 0 aromatic carbocycles. The summed E-state index contributed by atoms with van der Waals surface area (Å²) in [6, 6.07) is 6.37. The first kappa shape index (κ1) is 22.5. The van der Waals surface area contributed by atoms with Gasteiger partial charge in [-0.05, 0) is 31.4 Å². The van der Waals surface area contributed by atoms with Gasteiger partial charge in [0.2, 0.25) is 5.91 Å². The van der Waals surface area contributed by atoms with Crippen LogP contribution in [0.5, 0.6) is 0 Å². The average molecular weight is 474 g/mol. The molecule has 0 bridgehead atoms. The van der Waals surface area contributed by atoms with Gasteiger partial charge in [0.1, 0.15) is 12.4 Å². The molecule has 2 N–H and O–H groups in total. The Labute approximate surface area is 173 Å². The highest BCUT2D eigenvalue weighted by molar-refractivity contribution is 14.0. The van der Waals surface area contributed by atoms with E-state index >= 15 is 0 Å². The summed E-state index contributed by atoms with van der Waals surface area (Å²) >= 11 is 0. The monoisotopic (exact) mass is 474 g/mol. The molecule has 1 fully saturated rings. The number of hydrogen-bond donors (Lipinski definition) is 2. The maximum absolute atomic E-state index is 11.8. The van der Waals surface area contributed by atoms with E-state index in [0.29, 0.717) is 6.04 Å². The van der Waals surface area contributed by atoms with E-state index in [0.717, 1.165) is 50.7 Å². The highest BCUT2D eigenvalue weighted by Gasteiger charge is 2.20. The quantitative estimate of drug-likeness (QED) is 0.373. The van der Waals surface area contributed by atoms with Gasteiger partial charge in [0.25, 0.3) is 0 Å². The smallest absolute Gasteiger partial charge is 0.243 e. The number of carbonyl (C=O) groups is 1. The van der Waals surface area contributed by atoms with Crippen LogP contribution < -0.4 is 15.5 Å². The second-order valence-electron chi connectivity index (χ2n) is 6.47. The highest BCUT2D eigenvalue weighted by Crippen LogP contribution is 2.17. The third-order valence-electron chi connectivity index (χ3n) is 4.22. The number of nitrogens with zero attached hydrogens (tertiary/aromatic N) is 4. The van der Waals surface area contributed by atoms with Gasteiger partial charge in [-0.3, -0.25) is 4.79 Å². The van der Waals surface area contributed by atoms with Crippen LogP contribution in [0.1, 0.15) is 26.2 Å². The molecule has 1 amide bonds. The SMILES string of the molecule is CCCNC(=NCC(=O)N(C)C)NC1CCN(c2ccccn2)CC1.I. The fourth-order valence-corrected chi connectivity index (χ4v) is 2.67. The molecule has 0 unspecified atom stereocenters. The Kier molecular flexibility index (Phi) is 10.3. The Bertz CT molecular complexity index is 558. The molecule has 2 rings (SSSR count). The van der Waals surface area contributed by atoms with E-state index in [9.17, 15) is 4.79 Å². The number of carbonyl (C=O) groups excluding carboxylic acids is 1. The first-order valence-electron chi connectivity index (χ1n) is 9.01. The van der Waals surface area contributed by atoms with E-state index in [-0.39, 0.29) is 36.4 Å². The summed E-state index contributed by atoms with van der Waals surface area (Å²) in [4.78, 5) is 24.5. The minimum absolute atomic E-state index is 0. The number of amides is 1. The van der Waals surface area contributed by atoms with Gasteiger partial charge in [0.15, 0.2) is 5.96 Å². The number of nitrogens with one attached hydrogen (secondary N) is 2. The largest absolute Gasteiger partial charge is 0.356 e. The summed E-state index contributed by atoms with van der Waals surface area (Å²) in [6.07, 6.45) is 4.89. The maximum Gasteiger partial charge on any atom is 0.243 e. The van der Waals surface area contributed by atoms with Crippen molar-refractivity contribution in [2.45, 2.75) is 32.2 Å². The van der Waals surface area contributed by atoms with Crippen LogP contribution in [0.3, 0.4) is 0 Å². The lowest BCUT2D eigenvalue weighted by atomic mass is 10.1. The number of aromatic nitrogens is 1. The van der Waals surface area contributed by atoms with Gasteiger partial charge < -0.3 is 20.4 Å². The van der Waals surface area contributed by atoms with E-state index in [2.05, 4.69) is 38.5 Å². The zero-order valence-corrected chi connectivity index (χ0v) is 18.3. The molecule has 2 heterocycles. The number of piperidine rings is 1. The number of aliphatic imine (C=N–C) groups is 1. The predicted molar refractivity (Wildman–Crippen MR) is 117 cm³/mol. The molecular weight excluding hydrogens is 443 g/mol. The van der Waals surface area contributed by atoms with Gasteiger partial charge in [0, 0.05) is 46.0 Å². The molecule has 1 saturated heterocycles. The molecule has 7 nitrogen and oxygen atoms in total. The van der Waals surface area contributed by atoms with Crippen molar-refractivity contribution in [3.8, 4) is 0 Å². The molecule has 0 aliphatic carbocycles. The van der Waals surface area contributed by atoms with Crippen LogP contribution >= 0.6 is 24.0 Å². The first-order chi connectivity index (χ1) is 12.1. The Hall–Kier alpha value is -1.58. The van der Waals surface area contributed by atoms with Crippen molar-refractivity contribution in [3.05, 3.63) is 24.4 Å². The summed E-state index contributed by atoms with van der Waals surface area (Å²) in [5.74, 6) is 1.77. The van der Waals surface area contributed by atoms with Crippen LogP contribution in [0.25, 0.3) is 0 Å². The molecule has 0 spiro atoms. The van der Waals surface area contributed by atoms with Crippen molar-refractivity contribution in [2.24, 2.45) is 4.99 Å². The first-order valence-corrected chi connectivity index (χ1v) is 9.01. The van der Waals surface area contributed by atoms with E-state index in [1.54, 1.807) is 19.0 Å². The lowest BCUT2D eigenvalue weighted by Gasteiger charge is -2.33. The molecule has 146 valence electrons. The highest BCUT2D eigenvalue weighted by atomic mass is 127. The summed E-state index contributed by atoms with van der Waals surface area (Å²) in [7, 11) is 3.50. The van der Waals surface area contributed by atoms with Crippen molar-refractivity contribution >= 4 is 41.7 Å². The number of rotatable bonds is 6. The van der Waals surface area contributed by atoms with E-state index < -0.39 is 0 Å². The summed E-state index contributed by atoms with van der Waals surface area (Å²) in [5.41, 5.74) is 0. The molecule has 0 radical (unpaired) electrons. The third kappa shape index (κ3) is 7.35. The molecule has 26 heavy (non-hydrogen) atoms. The Morgan fingerprint density at radius 2 is 2.08 bits per heavy atom. The average Bonchev–Trinajstić information content (AvgIpc) is 2.64. The van der Waals surface area contributed by atoms with Crippen molar-refractivity contribution in [1.82, 2.24) is 20.5 Å². The maximum atomic E-state index is 11.8. The van der Waals surface area contributed by atoms with Crippen LogP contribution in [0.15, 0.2) is 29.4 Å². The number of guanidine groups is 1. The second kappa shape index (κ2) is 11.9. The number of likely N-dealkylation sites (N-methyl/N-ethyl adjacent to an activating group) is 1. The van der Waals surface area contributed by atoms with Gasteiger partial charge in [-0.15, -0.1) is 24.0 Å². The minimum atomic E-state index is 0. The summed E-state index contributed by atoms with van der Waals surface area (Å²) in [5, 5.41) is 6.77.